The predicted octanol–water partition coefficient (Wildman–Crippen LogP) is 3.99. The van der Waals surface area contributed by atoms with E-state index in [0.29, 0.717) is 16.3 Å². The molecule has 2 aromatic carbocycles. The van der Waals surface area contributed by atoms with Crippen molar-refractivity contribution < 1.29 is 14.5 Å². The lowest BCUT2D eigenvalue weighted by Crippen LogP contribution is -2.13. The number of anilines is 1. The molecule has 0 saturated heterocycles. The van der Waals surface area contributed by atoms with Gasteiger partial charge in [-0.15, -0.1) is 0 Å². The second kappa shape index (κ2) is 6.21. The molecule has 0 aliphatic rings. The zero-order valence-electron chi connectivity index (χ0n) is 12.5. The van der Waals surface area contributed by atoms with E-state index in [1.165, 1.54) is 25.3 Å². The van der Waals surface area contributed by atoms with Crippen molar-refractivity contribution in [2.24, 2.45) is 0 Å². The number of nitrogens with one attached hydrogen (secondary N) is 2. The number of aromatic nitrogens is 1. The summed E-state index contributed by atoms with van der Waals surface area (Å²) in [4.78, 5) is 25.7. The molecule has 0 aliphatic heterocycles. The van der Waals surface area contributed by atoms with Gasteiger partial charge in [0.25, 0.3) is 11.6 Å². The minimum Gasteiger partial charge on any atom is -0.495 e. The number of benzene rings is 2. The van der Waals surface area contributed by atoms with Gasteiger partial charge in [-0.1, -0.05) is 23.7 Å². The summed E-state index contributed by atoms with van der Waals surface area (Å²) < 4.78 is 5.13. The lowest BCUT2D eigenvalue weighted by Gasteiger charge is -2.09. The van der Waals surface area contributed by atoms with Gasteiger partial charge >= 0.3 is 0 Å². The summed E-state index contributed by atoms with van der Waals surface area (Å²) >= 11 is 6.08. The molecule has 0 atom stereocenters. The Balaban J connectivity index is 1.94. The van der Waals surface area contributed by atoms with Gasteiger partial charge < -0.3 is 15.0 Å². The molecular formula is C16H12ClN3O4. The van der Waals surface area contributed by atoms with E-state index in [-0.39, 0.29) is 17.1 Å². The van der Waals surface area contributed by atoms with Gasteiger partial charge in [-0.2, -0.15) is 0 Å². The Morgan fingerprint density at radius 3 is 2.75 bits per heavy atom. The number of rotatable bonds is 4. The molecule has 0 fully saturated rings. The monoisotopic (exact) mass is 345 g/mol. The maximum atomic E-state index is 12.4. The first-order valence-corrected chi connectivity index (χ1v) is 7.28. The molecule has 0 unspecified atom stereocenters. The Morgan fingerprint density at radius 2 is 2.08 bits per heavy atom. The Labute approximate surface area is 141 Å². The number of nitro benzene ring substituents is 1. The van der Waals surface area contributed by atoms with Crippen LogP contribution in [0.3, 0.4) is 0 Å². The Kier molecular flexibility index (Phi) is 4.09. The minimum atomic E-state index is -0.544. The molecule has 24 heavy (non-hydrogen) atoms. The number of carbonyl (C=O) groups excluding carboxylic acids is 1. The number of ether oxygens (including phenoxy) is 1. The average Bonchev–Trinajstić information content (AvgIpc) is 3.00. The summed E-state index contributed by atoms with van der Waals surface area (Å²) in [7, 11) is 1.42. The van der Waals surface area contributed by atoms with E-state index in [4.69, 9.17) is 16.3 Å². The van der Waals surface area contributed by atoms with Crippen molar-refractivity contribution >= 4 is 39.8 Å². The van der Waals surface area contributed by atoms with Crippen LogP contribution in [0.5, 0.6) is 5.75 Å². The van der Waals surface area contributed by atoms with E-state index in [1.54, 1.807) is 18.2 Å². The number of carbonyl (C=O) groups is 1. The summed E-state index contributed by atoms with van der Waals surface area (Å²) in [6.07, 6.45) is 0. The number of nitrogens with zero attached hydrogens (tertiary/aromatic N) is 1. The number of nitro groups is 1. The molecule has 2 N–H and O–H groups in total. The Hall–Kier alpha value is -3.06. The first-order chi connectivity index (χ1) is 11.5. The fourth-order valence-corrected chi connectivity index (χ4v) is 2.57. The summed E-state index contributed by atoms with van der Waals surface area (Å²) in [6, 6.07) is 10.9. The van der Waals surface area contributed by atoms with E-state index < -0.39 is 10.8 Å². The number of hydrogen-bond acceptors (Lipinski definition) is 4. The fourth-order valence-electron chi connectivity index (χ4n) is 2.34. The van der Waals surface area contributed by atoms with E-state index >= 15 is 0 Å². The third-order valence-electron chi connectivity index (χ3n) is 3.49. The van der Waals surface area contributed by atoms with E-state index in [0.717, 1.165) is 5.39 Å². The van der Waals surface area contributed by atoms with Crippen molar-refractivity contribution in [1.29, 1.82) is 0 Å². The van der Waals surface area contributed by atoms with Crippen molar-refractivity contribution in [3.8, 4) is 5.75 Å². The summed E-state index contributed by atoms with van der Waals surface area (Å²) in [5.41, 5.74) is 0.995. The van der Waals surface area contributed by atoms with Gasteiger partial charge in [0, 0.05) is 17.5 Å². The number of aromatic amines is 1. The van der Waals surface area contributed by atoms with Crippen LogP contribution in [0.15, 0.2) is 42.5 Å². The smallest absolute Gasteiger partial charge is 0.272 e. The normalized spacial score (nSPS) is 10.6. The second-order valence-electron chi connectivity index (χ2n) is 4.98. The van der Waals surface area contributed by atoms with Gasteiger partial charge in [-0.25, -0.2) is 0 Å². The van der Waals surface area contributed by atoms with E-state index in [2.05, 4.69) is 10.3 Å². The van der Waals surface area contributed by atoms with Gasteiger partial charge in [-0.05, 0) is 18.2 Å². The summed E-state index contributed by atoms with van der Waals surface area (Å²) in [5, 5.41) is 14.8. The van der Waals surface area contributed by atoms with Crippen LogP contribution in [-0.2, 0) is 0 Å². The highest BCUT2D eigenvalue weighted by atomic mass is 35.5. The molecule has 0 aliphatic carbocycles. The number of halogens is 1. The van der Waals surface area contributed by atoms with Crippen molar-refractivity contribution in [2.45, 2.75) is 0 Å². The number of H-pyrrole nitrogens is 1. The van der Waals surface area contributed by atoms with Crippen LogP contribution in [0.4, 0.5) is 11.4 Å². The van der Waals surface area contributed by atoms with Crippen LogP contribution in [0.1, 0.15) is 10.5 Å². The lowest BCUT2D eigenvalue weighted by molar-refractivity contribution is -0.384. The first kappa shape index (κ1) is 15.8. The molecule has 3 aromatic rings. The van der Waals surface area contributed by atoms with E-state index in [9.17, 15) is 14.9 Å². The van der Waals surface area contributed by atoms with Crippen LogP contribution in [0, 0.1) is 10.1 Å². The van der Waals surface area contributed by atoms with Crippen LogP contribution < -0.4 is 10.1 Å². The molecule has 8 heteroatoms. The highest BCUT2D eigenvalue weighted by Gasteiger charge is 2.16. The number of amides is 1. The number of para-hydroxylation sites is 1. The van der Waals surface area contributed by atoms with Gasteiger partial charge in [0.2, 0.25) is 0 Å². The summed E-state index contributed by atoms with van der Waals surface area (Å²) in [5.74, 6) is -0.135. The number of methoxy groups -OCH3 is 1. The van der Waals surface area contributed by atoms with Crippen LogP contribution in [0.2, 0.25) is 5.02 Å². The molecule has 0 saturated carbocycles. The van der Waals surface area contributed by atoms with Gasteiger partial charge in [0.1, 0.15) is 11.4 Å². The number of hydrogen-bond donors (Lipinski definition) is 2. The zero-order chi connectivity index (χ0) is 17.3. The minimum absolute atomic E-state index is 0.147. The molecule has 1 aromatic heterocycles. The van der Waals surface area contributed by atoms with Crippen LogP contribution in [-0.4, -0.2) is 22.9 Å². The van der Waals surface area contributed by atoms with Crippen LogP contribution >= 0.6 is 11.6 Å². The van der Waals surface area contributed by atoms with Crippen molar-refractivity contribution in [2.75, 3.05) is 12.4 Å². The first-order valence-electron chi connectivity index (χ1n) is 6.90. The lowest BCUT2D eigenvalue weighted by atomic mass is 10.2. The third kappa shape index (κ3) is 2.89. The molecule has 7 nitrogen and oxygen atoms in total. The number of non-ortho nitro benzene ring substituents is 1. The Bertz CT molecular complexity index is 952. The molecular weight excluding hydrogens is 334 g/mol. The molecule has 1 heterocycles. The molecule has 1 amide bonds. The highest BCUT2D eigenvalue weighted by molar-refractivity contribution is 6.35. The summed E-state index contributed by atoms with van der Waals surface area (Å²) in [6.45, 7) is 0. The van der Waals surface area contributed by atoms with Gasteiger partial charge in [0.05, 0.1) is 28.3 Å². The molecule has 3 rings (SSSR count). The topological polar surface area (TPSA) is 97.3 Å². The molecule has 122 valence electrons. The quantitative estimate of drug-likeness (QED) is 0.551. The third-order valence-corrected chi connectivity index (χ3v) is 3.81. The Morgan fingerprint density at radius 1 is 1.29 bits per heavy atom. The maximum Gasteiger partial charge on any atom is 0.272 e. The van der Waals surface area contributed by atoms with Gasteiger partial charge in [0.15, 0.2) is 0 Å². The predicted molar refractivity (Wildman–Crippen MR) is 90.9 cm³/mol. The second-order valence-corrected chi connectivity index (χ2v) is 5.39. The maximum absolute atomic E-state index is 12.4. The van der Waals surface area contributed by atoms with Crippen LogP contribution in [0.25, 0.3) is 10.9 Å². The average molecular weight is 346 g/mol. The van der Waals surface area contributed by atoms with Crippen molar-refractivity contribution in [3.05, 3.63) is 63.3 Å². The van der Waals surface area contributed by atoms with Crippen molar-refractivity contribution in [3.63, 3.8) is 0 Å². The van der Waals surface area contributed by atoms with Gasteiger partial charge in [-0.3, -0.25) is 14.9 Å². The van der Waals surface area contributed by atoms with Crippen molar-refractivity contribution in [1.82, 2.24) is 4.98 Å². The molecule has 0 radical (unpaired) electrons. The fraction of sp³-hybridized carbons (Fsp3) is 0.0625. The highest BCUT2D eigenvalue weighted by Crippen LogP contribution is 2.30. The standard InChI is InChI=1S/C16H12ClN3O4/c1-24-14-6-5-10(20(22)23)8-12(14)19-16(21)13-7-9-3-2-4-11(17)15(9)18-13/h2-8,18H,1H3,(H,19,21). The largest absolute Gasteiger partial charge is 0.495 e. The molecule has 0 bridgehead atoms. The zero-order valence-corrected chi connectivity index (χ0v) is 13.3. The molecule has 0 spiro atoms. The number of fused-ring (bicyclic) bond motifs is 1. The SMILES string of the molecule is COc1ccc([N+](=O)[O-])cc1NC(=O)c1cc2cccc(Cl)c2[nH]1. The van der Waals surface area contributed by atoms with E-state index in [1.807, 2.05) is 6.07 Å².